The van der Waals surface area contributed by atoms with E-state index >= 15 is 0 Å². The molecule has 18 heavy (non-hydrogen) atoms. The topological polar surface area (TPSA) is 12.0 Å². The number of hydrogen-bond acceptors (Lipinski definition) is 2. The highest BCUT2D eigenvalue weighted by Gasteiger charge is 2.14. The van der Waals surface area contributed by atoms with Gasteiger partial charge in [-0.15, -0.1) is 11.3 Å². The van der Waals surface area contributed by atoms with Crippen LogP contribution in [-0.2, 0) is 12.8 Å². The van der Waals surface area contributed by atoms with Gasteiger partial charge in [-0.25, -0.2) is 0 Å². The van der Waals surface area contributed by atoms with Gasteiger partial charge in [0.05, 0.1) is 6.04 Å². The third-order valence-corrected chi connectivity index (χ3v) is 4.79. The van der Waals surface area contributed by atoms with Crippen molar-refractivity contribution in [2.75, 3.05) is 5.32 Å². The summed E-state index contributed by atoms with van der Waals surface area (Å²) in [6, 6.07) is 11.4. The van der Waals surface area contributed by atoms with Gasteiger partial charge in [-0.3, -0.25) is 0 Å². The second-order valence-electron chi connectivity index (χ2n) is 5.03. The zero-order valence-corrected chi connectivity index (χ0v) is 11.6. The van der Waals surface area contributed by atoms with E-state index in [0.29, 0.717) is 6.04 Å². The molecule has 0 fully saturated rings. The second kappa shape index (κ2) is 5.15. The number of benzene rings is 1. The number of thiophene rings is 1. The van der Waals surface area contributed by atoms with Crippen LogP contribution in [0.3, 0.4) is 0 Å². The van der Waals surface area contributed by atoms with Crippen molar-refractivity contribution in [3.05, 3.63) is 51.7 Å². The molecule has 0 aliphatic heterocycles. The van der Waals surface area contributed by atoms with E-state index in [1.165, 1.54) is 36.2 Å². The van der Waals surface area contributed by atoms with Gasteiger partial charge in [0.25, 0.3) is 0 Å². The van der Waals surface area contributed by atoms with Crippen LogP contribution in [0.4, 0.5) is 5.69 Å². The normalized spacial score (nSPS) is 16.1. The van der Waals surface area contributed by atoms with Crippen molar-refractivity contribution in [3.63, 3.8) is 0 Å². The van der Waals surface area contributed by atoms with E-state index in [9.17, 15) is 0 Å². The molecule has 1 aromatic carbocycles. The number of nitrogens with one attached hydrogen (secondary N) is 1. The molecular formula is C16H19NS. The van der Waals surface area contributed by atoms with E-state index in [0.717, 1.165) is 0 Å². The van der Waals surface area contributed by atoms with Crippen molar-refractivity contribution in [1.29, 1.82) is 0 Å². The van der Waals surface area contributed by atoms with Crippen molar-refractivity contribution < 1.29 is 0 Å². The smallest absolute Gasteiger partial charge is 0.0578 e. The van der Waals surface area contributed by atoms with Crippen molar-refractivity contribution in [2.45, 2.75) is 38.6 Å². The van der Waals surface area contributed by atoms with E-state index < -0.39 is 0 Å². The Hall–Kier alpha value is -1.28. The van der Waals surface area contributed by atoms with Gasteiger partial charge in [-0.1, -0.05) is 18.2 Å². The molecule has 1 aliphatic rings. The Morgan fingerprint density at radius 3 is 2.83 bits per heavy atom. The van der Waals surface area contributed by atoms with E-state index in [1.807, 2.05) is 11.3 Å². The Morgan fingerprint density at radius 1 is 1.11 bits per heavy atom. The van der Waals surface area contributed by atoms with Gasteiger partial charge in [0, 0.05) is 10.6 Å². The highest BCUT2D eigenvalue weighted by atomic mass is 32.1. The van der Waals surface area contributed by atoms with E-state index in [1.54, 1.807) is 11.1 Å². The first-order valence-electron chi connectivity index (χ1n) is 6.75. The minimum absolute atomic E-state index is 0.401. The van der Waals surface area contributed by atoms with E-state index in [4.69, 9.17) is 0 Å². The molecule has 1 N–H and O–H groups in total. The average molecular weight is 257 g/mol. The molecule has 0 saturated heterocycles. The lowest BCUT2D eigenvalue weighted by atomic mass is 9.90. The summed E-state index contributed by atoms with van der Waals surface area (Å²) in [4.78, 5) is 1.41. The molecule has 1 nitrogen and oxygen atoms in total. The quantitative estimate of drug-likeness (QED) is 0.832. The predicted octanol–water partition coefficient (Wildman–Crippen LogP) is 4.80. The minimum Gasteiger partial charge on any atom is -0.377 e. The molecule has 0 spiro atoms. The van der Waals surface area contributed by atoms with Crippen LogP contribution in [0.2, 0.25) is 0 Å². The van der Waals surface area contributed by atoms with Gasteiger partial charge in [0.15, 0.2) is 0 Å². The van der Waals surface area contributed by atoms with Crippen LogP contribution < -0.4 is 5.32 Å². The Bertz CT molecular complexity index is 516. The minimum atomic E-state index is 0.401. The second-order valence-corrected chi connectivity index (χ2v) is 6.01. The van der Waals surface area contributed by atoms with Crippen molar-refractivity contribution in [2.24, 2.45) is 0 Å². The summed E-state index contributed by atoms with van der Waals surface area (Å²) in [5, 5.41) is 5.83. The molecule has 1 aromatic heterocycles. The Kier molecular flexibility index (Phi) is 3.37. The van der Waals surface area contributed by atoms with Crippen LogP contribution in [0.15, 0.2) is 35.7 Å². The van der Waals surface area contributed by atoms with Crippen LogP contribution in [0.5, 0.6) is 0 Å². The fourth-order valence-electron chi connectivity index (χ4n) is 2.76. The Morgan fingerprint density at radius 2 is 2.00 bits per heavy atom. The molecular weight excluding hydrogens is 238 g/mol. The number of fused-ring (bicyclic) bond motifs is 1. The molecule has 0 radical (unpaired) electrons. The first-order chi connectivity index (χ1) is 8.84. The lowest BCUT2D eigenvalue weighted by Gasteiger charge is -2.22. The molecule has 1 heterocycles. The fraction of sp³-hybridized carbons (Fsp3) is 0.375. The van der Waals surface area contributed by atoms with Gasteiger partial charge < -0.3 is 5.32 Å². The van der Waals surface area contributed by atoms with Crippen molar-refractivity contribution >= 4 is 17.0 Å². The summed E-state index contributed by atoms with van der Waals surface area (Å²) >= 11 is 1.83. The summed E-state index contributed by atoms with van der Waals surface area (Å²) in [5.74, 6) is 0. The summed E-state index contributed by atoms with van der Waals surface area (Å²) < 4.78 is 0. The Labute approximate surface area is 113 Å². The fourth-order valence-corrected chi connectivity index (χ4v) is 3.49. The highest BCUT2D eigenvalue weighted by molar-refractivity contribution is 7.10. The van der Waals surface area contributed by atoms with Gasteiger partial charge in [-0.05, 0) is 61.2 Å². The van der Waals surface area contributed by atoms with E-state index in [-0.39, 0.29) is 0 Å². The molecule has 0 amide bonds. The molecule has 1 atom stereocenters. The molecule has 1 unspecified atom stereocenters. The summed E-state index contributed by atoms with van der Waals surface area (Å²) in [6.45, 7) is 2.24. The largest absolute Gasteiger partial charge is 0.377 e. The Balaban J connectivity index is 1.84. The van der Waals surface area contributed by atoms with E-state index in [2.05, 4.69) is 48.0 Å². The molecule has 0 bridgehead atoms. The van der Waals surface area contributed by atoms with Gasteiger partial charge in [0.2, 0.25) is 0 Å². The number of rotatable bonds is 3. The van der Waals surface area contributed by atoms with Crippen LogP contribution in [0.25, 0.3) is 0 Å². The van der Waals surface area contributed by atoms with Crippen LogP contribution >= 0.6 is 11.3 Å². The molecule has 3 rings (SSSR count). The maximum absolute atomic E-state index is 3.68. The molecule has 0 saturated carbocycles. The first kappa shape index (κ1) is 11.8. The van der Waals surface area contributed by atoms with Gasteiger partial charge in [-0.2, -0.15) is 0 Å². The lowest BCUT2D eigenvalue weighted by molar-refractivity contribution is 0.685. The number of anilines is 1. The average Bonchev–Trinajstić information content (AvgIpc) is 2.93. The lowest BCUT2D eigenvalue weighted by Crippen LogP contribution is -2.11. The predicted molar refractivity (Wildman–Crippen MR) is 79.4 cm³/mol. The third kappa shape index (κ3) is 2.30. The summed E-state index contributed by atoms with van der Waals surface area (Å²) in [5.41, 5.74) is 4.44. The molecule has 1 aliphatic carbocycles. The standard InChI is InChI=1S/C16H19NS/c1-12(16-10-5-11-18-16)17-15-9-4-7-13-6-2-3-8-14(13)15/h4-5,7,9-12,17H,2-3,6,8H2,1H3. The SMILES string of the molecule is CC(Nc1cccc2c1CCCC2)c1cccs1. The third-order valence-electron chi connectivity index (χ3n) is 3.74. The van der Waals surface area contributed by atoms with Crippen LogP contribution in [0.1, 0.15) is 41.8 Å². The summed E-state index contributed by atoms with van der Waals surface area (Å²) in [7, 11) is 0. The number of aryl methyl sites for hydroxylation is 1. The maximum Gasteiger partial charge on any atom is 0.0578 e. The molecule has 2 heteroatoms. The maximum atomic E-state index is 3.68. The van der Waals surface area contributed by atoms with Crippen molar-refractivity contribution in [1.82, 2.24) is 0 Å². The van der Waals surface area contributed by atoms with Crippen molar-refractivity contribution in [3.8, 4) is 0 Å². The first-order valence-corrected chi connectivity index (χ1v) is 7.63. The van der Waals surface area contributed by atoms with Crippen LogP contribution in [-0.4, -0.2) is 0 Å². The van der Waals surface area contributed by atoms with Gasteiger partial charge in [0.1, 0.15) is 0 Å². The monoisotopic (exact) mass is 257 g/mol. The zero-order valence-electron chi connectivity index (χ0n) is 10.8. The zero-order chi connectivity index (χ0) is 12.4. The summed E-state index contributed by atoms with van der Waals surface area (Å²) in [6.07, 6.45) is 5.16. The molecule has 94 valence electrons. The van der Waals surface area contributed by atoms with Crippen LogP contribution in [0, 0.1) is 0 Å². The highest BCUT2D eigenvalue weighted by Crippen LogP contribution is 2.31. The molecule has 2 aromatic rings. The van der Waals surface area contributed by atoms with Gasteiger partial charge >= 0.3 is 0 Å². The number of hydrogen-bond donors (Lipinski definition) is 1.